The van der Waals surface area contributed by atoms with Crippen molar-refractivity contribution in [3.63, 3.8) is 0 Å². The Balaban J connectivity index is 2.85. The second-order valence-corrected chi connectivity index (χ2v) is 3.20. The van der Waals surface area contributed by atoms with Gasteiger partial charge in [0.2, 0.25) is 0 Å². The number of carbonyl (C=O) groups excluding carboxylic acids is 1. The molecule has 1 aromatic heterocycles. The van der Waals surface area contributed by atoms with E-state index in [1.54, 1.807) is 0 Å². The van der Waals surface area contributed by atoms with Crippen LogP contribution in [0.4, 0.5) is 0 Å². The third kappa shape index (κ3) is 1.84. The van der Waals surface area contributed by atoms with E-state index < -0.39 is 55.9 Å². The molecule has 2 atom stereocenters. The standard InChI is InChI=1S/C12H18N2O2/c1-4-11-9(7-16-12(11)15)5-10-6-13-8(2)14(10)3/h6,9,11H,4-5,7H2,1-3H3/t9-,11-/m0/s1/i3D3,4D2,5D2,6D,7D2,11D. The molecule has 88 valence electrons. The molecule has 0 aromatic carbocycles. The average Bonchev–Trinajstić information content (AvgIpc) is 2.80. The molecule has 1 saturated heterocycles. The molecule has 2 rings (SSSR count). The average molecular weight is 233 g/mol. The van der Waals surface area contributed by atoms with Crippen LogP contribution in [0.2, 0.25) is 0 Å². The summed E-state index contributed by atoms with van der Waals surface area (Å²) in [7, 11) is 0. The van der Waals surface area contributed by atoms with Gasteiger partial charge in [-0.2, -0.15) is 0 Å². The van der Waals surface area contributed by atoms with Crippen LogP contribution in [0, 0.1) is 18.7 Å². The Morgan fingerprint density at radius 2 is 2.81 bits per heavy atom. The van der Waals surface area contributed by atoms with E-state index in [9.17, 15) is 4.79 Å². The second kappa shape index (κ2) is 4.28. The highest BCUT2D eigenvalue weighted by atomic mass is 16.5. The number of aromatic nitrogens is 2. The zero-order valence-electron chi connectivity index (χ0n) is 19.8. The van der Waals surface area contributed by atoms with Gasteiger partial charge < -0.3 is 9.30 Å². The molecule has 0 aliphatic carbocycles. The maximum absolute atomic E-state index is 12.2. The lowest BCUT2D eigenvalue weighted by molar-refractivity contribution is -0.141. The zero-order chi connectivity index (χ0) is 21.4. The summed E-state index contributed by atoms with van der Waals surface area (Å²) in [6.07, 6.45) is -6.72. The predicted molar refractivity (Wildman–Crippen MR) is 59.9 cm³/mol. The summed E-state index contributed by atoms with van der Waals surface area (Å²) in [5, 5.41) is 0. The molecular formula is C12H18N2O2. The number of hydrogen-bond acceptors (Lipinski definition) is 3. The first-order valence-corrected chi connectivity index (χ1v) is 4.60. The normalized spacial score (nSPS) is 45.2. The molecular weight excluding hydrogens is 204 g/mol. The van der Waals surface area contributed by atoms with Gasteiger partial charge >= 0.3 is 5.97 Å². The fourth-order valence-electron chi connectivity index (χ4n) is 1.32. The molecule has 0 unspecified atom stereocenters. The van der Waals surface area contributed by atoms with Crippen molar-refractivity contribution in [2.24, 2.45) is 18.8 Å². The molecule has 2 heterocycles. The Morgan fingerprint density at radius 1 is 2.00 bits per heavy atom. The summed E-state index contributed by atoms with van der Waals surface area (Å²) in [6.45, 7) is -4.09. The number of ether oxygens (including phenoxy) is 1. The first-order valence-electron chi connectivity index (χ1n) is 10.1. The monoisotopic (exact) mass is 233 g/mol. The molecule has 0 spiro atoms. The smallest absolute Gasteiger partial charge is 0.309 e. The lowest BCUT2D eigenvalue weighted by Gasteiger charge is -2.13. The molecule has 1 aliphatic rings. The second-order valence-electron chi connectivity index (χ2n) is 3.20. The minimum absolute atomic E-state index is 0.250. The van der Waals surface area contributed by atoms with Gasteiger partial charge in [-0.1, -0.05) is 6.92 Å². The topological polar surface area (TPSA) is 44.1 Å². The van der Waals surface area contributed by atoms with Gasteiger partial charge in [-0.05, 0) is 19.7 Å². The van der Waals surface area contributed by atoms with Gasteiger partial charge in [0, 0.05) is 35.7 Å². The highest BCUT2D eigenvalue weighted by Crippen LogP contribution is 2.28. The van der Waals surface area contributed by atoms with Crippen molar-refractivity contribution >= 4 is 5.97 Å². The van der Waals surface area contributed by atoms with E-state index in [1.165, 1.54) is 6.92 Å². The molecule has 0 bridgehead atoms. The van der Waals surface area contributed by atoms with Crippen LogP contribution in [0.15, 0.2) is 6.17 Å². The van der Waals surface area contributed by atoms with Crippen molar-refractivity contribution in [2.45, 2.75) is 26.6 Å². The van der Waals surface area contributed by atoms with E-state index in [4.69, 9.17) is 15.1 Å². The highest BCUT2D eigenvalue weighted by molar-refractivity contribution is 5.74. The van der Waals surface area contributed by atoms with E-state index in [1.807, 2.05) is 0 Å². The first kappa shape index (κ1) is 3.86. The summed E-state index contributed by atoms with van der Waals surface area (Å²) >= 11 is 0. The number of carbonyl (C=O) groups is 1. The highest BCUT2D eigenvalue weighted by Gasteiger charge is 2.35. The largest absolute Gasteiger partial charge is 0.465 e. The quantitative estimate of drug-likeness (QED) is 0.743. The van der Waals surface area contributed by atoms with Crippen molar-refractivity contribution in [2.75, 3.05) is 6.56 Å². The van der Waals surface area contributed by atoms with E-state index in [-0.39, 0.29) is 5.82 Å². The van der Waals surface area contributed by atoms with E-state index in [0.29, 0.717) is 4.57 Å². The maximum Gasteiger partial charge on any atom is 0.309 e. The number of nitrogens with zero attached hydrogens (tertiary/aromatic N) is 2. The van der Waals surface area contributed by atoms with E-state index >= 15 is 0 Å². The predicted octanol–water partition coefficient (Wildman–Crippen LogP) is 1.47. The van der Waals surface area contributed by atoms with E-state index in [2.05, 4.69) is 9.72 Å². The maximum atomic E-state index is 12.2. The van der Waals surface area contributed by atoms with Crippen molar-refractivity contribution in [3.05, 3.63) is 17.7 Å². The van der Waals surface area contributed by atoms with E-state index in [0.717, 1.165) is 6.92 Å². The van der Waals surface area contributed by atoms with Crippen LogP contribution in [0.5, 0.6) is 0 Å². The Hall–Kier alpha value is -1.32. The molecule has 1 fully saturated rings. The fraction of sp³-hybridized carbons (Fsp3) is 0.667. The van der Waals surface area contributed by atoms with Crippen molar-refractivity contribution in [3.8, 4) is 0 Å². The van der Waals surface area contributed by atoms with Gasteiger partial charge in [-0.25, -0.2) is 4.98 Å². The summed E-state index contributed by atoms with van der Waals surface area (Å²) in [5.41, 5.74) is -0.881. The summed E-state index contributed by atoms with van der Waals surface area (Å²) in [5.74, 6) is -7.31. The van der Waals surface area contributed by atoms with Gasteiger partial charge in [-0.3, -0.25) is 4.79 Å². The minimum Gasteiger partial charge on any atom is -0.465 e. The molecule has 0 saturated carbocycles. The van der Waals surface area contributed by atoms with Crippen LogP contribution in [0.1, 0.15) is 39.9 Å². The van der Waals surface area contributed by atoms with Crippen molar-refractivity contribution in [1.29, 1.82) is 0 Å². The summed E-state index contributed by atoms with van der Waals surface area (Å²) in [6, 6.07) is 0. The van der Waals surface area contributed by atoms with Gasteiger partial charge in [0.1, 0.15) is 5.82 Å². The Morgan fingerprint density at radius 3 is 3.50 bits per heavy atom. The third-order valence-electron chi connectivity index (χ3n) is 2.20. The van der Waals surface area contributed by atoms with Gasteiger partial charge in [-0.15, -0.1) is 0 Å². The molecule has 0 radical (unpaired) electrons. The first-order chi connectivity index (χ1) is 11.8. The van der Waals surface area contributed by atoms with Gasteiger partial charge in [0.15, 0.2) is 0 Å². The Bertz CT molecular complexity index is 780. The van der Waals surface area contributed by atoms with Gasteiger partial charge in [0.05, 0.1) is 16.6 Å². The van der Waals surface area contributed by atoms with Crippen molar-refractivity contribution < 1.29 is 24.6 Å². The number of cyclic esters (lactones) is 1. The fourth-order valence-corrected chi connectivity index (χ4v) is 1.32. The van der Waals surface area contributed by atoms with Crippen LogP contribution >= 0.6 is 0 Å². The lowest BCUT2D eigenvalue weighted by atomic mass is 9.89. The number of esters is 1. The van der Waals surface area contributed by atoms with Gasteiger partial charge in [0.25, 0.3) is 0 Å². The van der Waals surface area contributed by atoms with Crippen LogP contribution in [0.25, 0.3) is 0 Å². The minimum atomic E-state index is -3.16. The number of rotatable bonds is 3. The number of aryl methyl sites for hydroxylation is 1. The van der Waals surface area contributed by atoms with Crippen LogP contribution in [-0.4, -0.2) is 22.1 Å². The molecule has 1 aliphatic heterocycles. The number of hydrogen-bond donors (Lipinski definition) is 0. The van der Waals surface area contributed by atoms with Crippen LogP contribution < -0.4 is 0 Å². The Labute approximate surface area is 111 Å². The molecule has 4 heteroatoms. The zero-order valence-corrected chi connectivity index (χ0v) is 8.79. The lowest BCUT2D eigenvalue weighted by Crippen LogP contribution is -2.18. The molecule has 16 heavy (non-hydrogen) atoms. The third-order valence-corrected chi connectivity index (χ3v) is 2.20. The SMILES string of the molecule is [2H]c1nc(C)n(C([2H])([2H])[2H])c1C([2H])([2H])[C@H]1C([2H])([2H])OC(=O)[C@@]1([2H])C([2H])([2H])C. The molecule has 1 aromatic rings. The Kier molecular flexibility index (Phi) is 1.03. The van der Waals surface area contributed by atoms with Crippen molar-refractivity contribution in [1.82, 2.24) is 9.55 Å². The molecule has 0 N–H and O–H groups in total. The molecule has 4 nitrogen and oxygen atoms in total. The summed E-state index contributed by atoms with van der Waals surface area (Å²) < 4.78 is 92.0. The summed E-state index contributed by atoms with van der Waals surface area (Å²) in [4.78, 5) is 15.8. The van der Waals surface area contributed by atoms with Crippen LogP contribution in [-0.2, 0) is 22.9 Å². The molecule has 0 amide bonds. The van der Waals surface area contributed by atoms with Crippen LogP contribution in [0.3, 0.4) is 0 Å². The number of imidazole rings is 1.